The summed E-state index contributed by atoms with van der Waals surface area (Å²) in [6.45, 7) is 5.31. The van der Waals surface area contributed by atoms with Crippen molar-refractivity contribution in [1.29, 1.82) is 0 Å². The lowest BCUT2D eigenvalue weighted by Gasteiger charge is -2.30. The van der Waals surface area contributed by atoms with Crippen molar-refractivity contribution in [2.24, 2.45) is 0 Å². The van der Waals surface area contributed by atoms with Gasteiger partial charge < -0.3 is 9.26 Å². The van der Waals surface area contributed by atoms with Crippen LogP contribution in [0.5, 0.6) is 5.75 Å². The smallest absolute Gasteiger partial charge is 0.267 e. The first-order chi connectivity index (χ1) is 16.1. The Morgan fingerprint density at radius 1 is 1.18 bits per heavy atom. The number of benzene rings is 2. The number of carbonyl (C=O) groups excluding carboxylic acids is 1. The van der Waals surface area contributed by atoms with Crippen molar-refractivity contribution < 1.29 is 19.3 Å². The molecule has 2 heterocycles. The number of ether oxygens (including phenoxy) is 1. The highest BCUT2D eigenvalue weighted by Crippen LogP contribution is 2.27. The van der Waals surface area contributed by atoms with Gasteiger partial charge in [-0.2, -0.15) is 4.98 Å². The Hall–Kier alpha value is -3.49. The van der Waals surface area contributed by atoms with Crippen LogP contribution in [0, 0.1) is 6.92 Å². The molecule has 0 atom stereocenters. The van der Waals surface area contributed by atoms with Crippen LogP contribution in [0.3, 0.4) is 0 Å². The third kappa shape index (κ3) is 6.50. The van der Waals surface area contributed by atoms with Gasteiger partial charge in [-0.3, -0.25) is 14.9 Å². The molecule has 0 unspecified atom stereocenters. The van der Waals surface area contributed by atoms with Crippen LogP contribution in [0.25, 0.3) is 6.08 Å². The Balaban J connectivity index is 1.23. The van der Waals surface area contributed by atoms with E-state index >= 15 is 0 Å². The molecule has 8 nitrogen and oxygen atoms in total. The molecule has 1 saturated heterocycles. The first-order valence-corrected chi connectivity index (χ1v) is 11.0. The minimum atomic E-state index is -0.584. The van der Waals surface area contributed by atoms with Crippen molar-refractivity contribution in [2.75, 3.05) is 13.1 Å². The number of aryl methyl sites for hydroxylation is 1. The third-order valence-electron chi connectivity index (χ3n) is 5.74. The molecule has 0 saturated carbocycles. The maximum absolute atomic E-state index is 11.0. The van der Waals surface area contributed by atoms with Gasteiger partial charge in [0.2, 0.25) is 0 Å². The van der Waals surface area contributed by atoms with E-state index in [4.69, 9.17) is 14.5 Å². The molecule has 0 radical (unpaired) electrons. The number of likely N-dealkylation sites (tertiary alicyclic amines) is 1. The standard InChI is InChI=1S/C25H28N4O4/c1-18-2-4-20(5-3-18)16-29-14-12-21(13-15-29)25-26-24(33-28-25)17-32-22-9-6-19(7-10-22)8-11-23(30)27-31/h2-11,21,31H,12-17H2,1H3,(H,27,30). The van der Waals surface area contributed by atoms with Crippen molar-refractivity contribution in [3.05, 3.63) is 83.0 Å². The summed E-state index contributed by atoms with van der Waals surface area (Å²) >= 11 is 0. The Bertz CT molecular complexity index is 1070. The van der Waals surface area contributed by atoms with Gasteiger partial charge in [-0.05, 0) is 62.2 Å². The SMILES string of the molecule is Cc1ccc(CN2CCC(c3noc(COc4ccc(C=CC(=O)NO)cc4)n3)CC2)cc1. The van der Waals surface area contributed by atoms with E-state index in [-0.39, 0.29) is 6.61 Å². The quantitative estimate of drug-likeness (QED) is 0.307. The van der Waals surface area contributed by atoms with Gasteiger partial charge in [0.1, 0.15) is 5.75 Å². The molecule has 4 rings (SSSR count). The molecule has 172 valence electrons. The van der Waals surface area contributed by atoms with Crippen molar-refractivity contribution >= 4 is 12.0 Å². The summed E-state index contributed by atoms with van der Waals surface area (Å²) in [4.78, 5) is 18.0. The third-order valence-corrected chi connectivity index (χ3v) is 5.74. The van der Waals surface area contributed by atoms with E-state index in [2.05, 4.69) is 46.2 Å². The largest absolute Gasteiger partial charge is 0.484 e. The number of nitrogens with one attached hydrogen (secondary N) is 1. The minimum absolute atomic E-state index is 0.196. The van der Waals surface area contributed by atoms with Crippen molar-refractivity contribution in [3.63, 3.8) is 0 Å². The topological polar surface area (TPSA) is 101 Å². The van der Waals surface area contributed by atoms with Crippen LogP contribution in [0.4, 0.5) is 0 Å². The zero-order valence-electron chi connectivity index (χ0n) is 18.6. The Kier molecular flexibility index (Phi) is 7.49. The van der Waals surface area contributed by atoms with E-state index in [1.807, 2.05) is 0 Å². The van der Waals surface area contributed by atoms with Crippen LogP contribution in [0.1, 0.15) is 47.2 Å². The van der Waals surface area contributed by atoms with E-state index in [1.54, 1.807) is 35.8 Å². The van der Waals surface area contributed by atoms with Crippen molar-refractivity contribution in [2.45, 2.75) is 38.8 Å². The summed E-state index contributed by atoms with van der Waals surface area (Å²) in [7, 11) is 0. The molecular weight excluding hydrogens is 420 g/mol. The first kappa shape index (κ1) is 22.7. The number of hydrogen-bond donors (Lipinski definition) is 2. The molecule has 1 aliphatic heterocycles. The van der Waals surface area contributed by atoms with Gasteiger partial charge >= 0.3 is 0 Å². The highest BCUT2D eigenvalue weighted by molar-refractivity contribution is 5.90. The second-order valence-electron chi connectivity index (χ2n) is 8.25. The second-order valence-corrected chi connectivity index (χ2v) is 8.25. The number of aromatic nitrogens is 2. The van der Waals surface area contributed by atoms with Gasteiger partial charge in [0.25, 0.3) is 11.8 Å². The van der Waals surface area contributed by atoms with Crippen LogP contribution in [0.15, 0.2) is 59.1 Å². The number of carbonyl (C=O) groups is 1. The number of hydrogen-bond acceptors (Lipinski definition) is 7. The second kappa shape index (κ2) is 10.9. The average Bonchev–Trinajstić information content (AvgIpc) is 3.33. The zero-order valence-corrected chi connectivity index (χ0v) is 18.6. The fraction of sp³-hybridized carbons (Fsp3) is 0.320. The lowest BCUT2D eigenvalue weighted by molar-refractivity contribution is -0.124. The minimum Gasteiger partial charge on any atom is -0.484 e. The van der Waals surface area contributed by atoms with E-state index in [0.29, 0.717) is 17.6 Å². The number of amides is 1. The molecule has 33 heavy (non-hydrogen) atoms. The van der Waals surface area contributed by atoms with Gasteiger partial charge in [-0.25, -0.2) is 5.48 Å². The molecule has 1 amide bonds. The Morgan fingerprint density at radius 3 is 2.61 bits per heavy atom. The molecule has 2 aromatic carbocycles. The summed E-state index contributed by atoms with van der Waals surface area (Å²) in [6, 6.07) is 15.9. The number of piperidine rings is 1. The summed E-state index contributed by atoms with van der Waals surface area (Å²) in [5.74, 6) is 1.59. The number of hydroxylamine groups is 1. The molecule has 1 aromatic heterocycles. The average molecular weight is 449 g/mol. The normalized spacial score (nSPS) is 15.1. The monoisotopic (exact) mass is 448 g/mol. The summed E-state index contributed by atoms with van der Waals surface area (Å²) in [5.41, 5.74) is 4.98. The maximum atomic E-state index is 11.0. The van der Waals surface area contributed by atoms with Crippen LogP contribution in [0.2, 0.25) is 0 Å². The Morgan fingerprint density at radius 2 is 1.91 bits per heavy atom. The predicted octanol–water partition coefficient (Wildman–Crippen LogP) is 3.86. The van der Waals surface area contributed by atoms with E-state index in [0.717, 1.165) is 43.9 Å². The maximum Gasteiger partial charge on any atom is 0.267 e. The van der Waals surface area contributed by atoms with Crippen LogP contribution < -0.4 is 10.2 Å². The number of rotatable bonds is 8. The van der Waals surface area contributed by atoms with Gasteiger partial charge in [-0.1, -0.05) is 47.1 Å². The predicted molar refractivity (Wildman–Crippen MR) is 122 cm³/mol. The molecular formula is C25H28N4O4. The summed E-state index contributed by atoms with van der Waals surface area (Å²) in [5, 5.41) is 12.7. The van der Waals surface area contributed by atoms with Crippen LogP contribution >= 0.6 is 0 Å². The van der Waals surface area contributed by atoms with E-state index in [9.17, 15) is 4.79 Å². The van der Waals surface area contributed by atoms with Crippen molar-refractivity contribution in [1.82, 2.24) is 20.5 Å². The van der Waals surface area contributed by atoms with Crippen LogP contribution in [-0.4, -0.2) is 39.2 Å². The molecule has 3 aromatic rings. The molecule has 1 aliphatic rings. The van der Waals surface area contributed by atoms with Gasteiger partial charge in [-0.15, -0.1) is 0 Å². The molecule has 0 aliphatic carbocycles. The molecule has 1 fully saturated rings. The lowest BCUT2D eigenvalue weighted by atomic mass is 9.96. The van der Waals surface area contributed by atoms with Crippen LogP contribution in [-0.2, 0) is 17.9 Å². The van der Waals surface area contributed by atoms with Gasteiger partial charge in [0.15, 0.2) is 12.4 Å². The van der Waals surface area contributed by atoms with E-state index < -0.39 is 5.91 Å². The highest BCUT2D eigenvalue weighted by atomic mass is 16.5. The molecule has 8 heteroatoms. The molecule has 0 bridgehead atoms. The van der Waals surface area contributed by atoms with Gasteiger partial charge in [0, 0.05) is 18.5 Å². The summed E-state index contributed by atoms with van der Waals surface area (Å²) in [6.07, 6.45) is 4.85. The van der Waals surface area contributed by atoms with Crippen molar-refractivity contribution in [3.8, 4) is 5.75 Å². The fourth-order valence-corrected chi connectivity index (χ4v) is 3.82. The van der Waals surface area contributed by atoms with E-state index in [1.165, 1.54) is 17.2 Å². The lowest BCUT2D eigenvalue weighted by Crippen LogP contribution is -2.32. The molecule has 0 spiro atoms. The molecule has 2 N–H and O–H groups in total. The Labute approximate surface area is 192 Å². The highest BCUT2D eigenvalue weighted by Gasteiger charge is 2.24. The zero-order chi connectivity index (χ0) is 23.0. The number of nitrogens with zero attached hydrogens (tertiary/aromatic N) is 3. The summed E-state index contributed by atoms with van der Waals surface area (Å²) < 4.78 is 11.1. The fourth-order valence-electron chi connectivity index (χ4n) is 3.82. The first-order valence-electron chi connectivity index (χ1n) is 11.0. The van der Waals surface area contributed by atoms with Gasteiger partial charge in [0.05, 0.1) is 0 Å².